The van der Waals surface area contributed by atoms with E-state index in [1.54, 1.807) is 11.3 Å². The zero-order valence-corrected chi connectivity index (χ0v) is 11.1. The van der Waals surface area contributed by atoms with Crippen LogP contribution in [0.2, 0.25) is 0 Å². The average molecular weight is 291 g/mol. The van der Waals surface area contributed by atoms with Crippen LogP contribution in [0.5, 0.6) is 0 Å². The highest BCUT2D eigenvalue weighted by atomic mass is 79.9. The standard InChI is InChI=1S/C11H15BrO2S/c1-7-9(12)6-10(15-7)11(13)8-2-4-14-5-3-8/h6,8,11,13H,2-5H2,1H3. The third kappa shape index (κ3) is 2.61. The van der Waals surface area contributed by atoms with E-state index in [2.05, 4.69) is 22.9 Å². The number of aliphatic hydroxyl groups is 1. The monoisotopic (exact) mass is 290 g/mol. The Morgan fingerprint density at radius 2 is 2.20 bits per heavy atom. The zero-order valence-electron chi connectivity index (χ0n) is 8.70. The molecule has 2 rings (SSSR count). The van der Waals surface area contributed by atoms with Gasteiger partial charge in [-0.25, -0.2) is 0 Å². The lowest BCUT2D eigenvalue weighted by atomic mass is 9.93. The number of rotatable bonds is 2. The van der Waals surface area contributed by atoms with Crippen molar-refractivity contribution in [2.24, 2.45) is 5.92 Å². The first-order valence-electron chi connectivity index (χ1n) is 5.20. The first-order chi connectivity index (χ1) is 7.18. The van der Waals surface area contributed by atoms with Crippen molar-refractivity contribution in [3.05, 3.63) is 20.3 Å². The van der Waals surface area contributed by atoms with Crippen molar-refractivity contribution in [2.45, 2.75) is 25.9 Å². The van der Waals surface area contributed by atoms with Crippen molar-refractivity contribution in [2.75, 3.05) is 13.2 Å². The molecule has 1 saturated heterocycles. The molecule has 1 unspecified atom stereocenters. The van der Waals surface area contributed by atoms with Crippen LogP contribution in [-0.4, -0.2) is 18.3 Å². The van der Waals surface area contributed by atoms with E-state index in [9.17, 15) is 5.11 Å². The largest absolute Gasteiger partial charge is 0.387 e. The number of hydrogen-bond acceptors (Lipinski definition) is 3. The van der Waals surface area contributed by atoms with Gasteiger partial charge in [0.1, 0.15) is 0 Å². The first kappa shape index (κ1) is 11.6. The van der Waals surface area contributed by atoms with E-state index in [-0.39, 0.29) is 6.10 Å². The van der Waals surface area contributed by atoms with E-state index in [4.69, 9.17) is 4.74 Å². The molecule has 1 atom stereocenters. The molecule has 1 N–H and O–H groups in total. The molecule has 0 bridgehead atoms. The second-order valence-electron chi connectivity index (χ2n) is 3.95. The third-order valence-electron chi connectivity index (χ3n) is 2.88. The highest BCUT2D eigenvalue weighted by molar-refractivity contribution is 9.10. The Hall–Kier alpha value is 0.100. The van der Waals surface area contributed by atoms with Gasteiger partial charge in [-0.1, -0.05) is 0 Å². The van der Waals surface area contributed by atoms with Crippen LogP contribution in [0.3, 0.4) is 0 Å². The van der Waals surface area contributed by atoms with Crippen molar-refractivity contribution in [3.8, 4) is 0 Å². The normalized spacial score (nSPS) is 20.5. The zero-order chi connectivity index (χ0) is 10.8. The van der Waals surface area contributed by atoms with E-state index >= 15 is 0 Å². The van der Waals surface area contributed by atoms with Crippen molar-refractivity contribution < 1.29 is 9.84 Å². The summed E-state index contributed by atoms with van der Waals surface area (Å²) in [7, 11) is 0. The van der Waals surface area contributed by atoms with E-state index in [0.717, 1.165) is 35.4 Å². The van der Waals surface area contributed by atoms with E-state index in [1.807, 2.05) is 6.07 Å². The van der Waals surface area contributed by atoms with Crippen LogP contribution in [0.25, 0.3) is 0 Å². The predicted molar refractivity (Wildman–Crippen MR) is 65.3 cm³/mol. The van der Waals surface area contributed by atoms with Gasteiger partial charge in [-0.2, -0.15) is 0 Å². The molecule has 1 aliphatic heterocycles. The number of ether oxygens (including phenoxy) is 1. The molecular weight excluding hydrogens is 276 g/mol. The van der Waals surface area contributed by atoms with Gasteiger partial charge in [-0.05, 0) is 47.7 Å². The maximum Gasteiger partial charge on any atom is 0.0912 e. The van der Waals surface area contributed by atoms with Crippen molar-refractivity contribution in [1.29, 1.82) is 0 Å². The third-order valence-corrected chi connectivity index (χ3v) is 5.09. The molecule has 0 aromatic carbocycles. The van der Waals surface area contributed by atoms with Gasteiger partial charge < -0.3 is 9.84 Å². The van der Waals surface area contributed by atoms with Crippen LogP contribution < -0.4 is 0 Å². The number of aryl methyl sites for hydroxylation is 1. The lowest BCUT2D eigenvalue weighted by molar-refractivity contribution is 0.00852. The molecule has 0 aliphatic carbocycles. The molecule has 1 aromatic heterocycles. The molecule has 2 nitrogen and oxygen atoms in total. The number of halogens is 1. The van der Waals surface area contributed by atoms with Crippen LogP contribution in [-0.2, 0) is 4.74 Å². The minimum absolute atomic E-state index is 0.316. The molecular formula is C11H15BrO2S. The van der Waals surface area contributed by atoms with Gasteiger partial charge in [-0.3, -0.25) is 0 Å². The molecule has 0 saturated carbocycles. The fourth-order valence-corrected chi connectivity index (χ4v) is 3.53. The molecule has 4 heteroatoms. The first-order valence-corrected chi connectivity index (χ1v) is 6.81. The van der Waals surface area contributed by atoms with Gasteiger partial charge in [-0.15, -0.1) is 11.3 Å². The second-order valence-corrected chi connectivity index (χ2v) is 6.09. The number of aliphatic hydroxyl groups excluding tert-OH is 1. The summed E-state index contributed by atoms with van der Waals surface area (Å²) in [4.78, 5) is 2.31. The van der Waals surface area contributed by atoms with Crippen molar-refractivity contribution in [1.82, 2.24) is 0 Å². The Morgan fingerprint density at radius 1 is 1.53 bits per heavy atom. The van der Waals surface area contributed by atoms with E-state index in [0.29, 0.717) is 5.92 Å². The summed E-state index contributed by atoms with van der Waals surface area (Å²) in [6.07, 6.45) is 1.62. The summed E-state index contributed by atoms with van der Waals surface area (Å²) in [5, 5.41) is 10.2. The summed E-state index contributed by atoms with van der Waals surface area (Å²) >= 11 is 5.16. The molecule has 0 radical (unpaired) electrons. The van der Waals surface area contributed by atoms with Gasteiger partial charge in [0.2, 0.25) is 0 Å². The minimum Gasteiger partial charge on any atom is -0.387 e. The molecule has 1 fully saturated rings. The Balaban J connectivity index is 2.08. The molecule has 0 spiro atoms. The van der Waals surface area contributed by atoms with Crippen molar-refractivity contribution in [3.63, 3.8) is 0 Å². The van der Waals surface area contributed by atoms with Crippen molar-refractivity contribution >= 4 is 27.3 Å². The van der Waals surface area contributed by atoms with Crippen LogP contribution in [0, 0.1) is 12.8 Å². The van der Waals surface area contributed by atoms with Crippen LogP contribution in [0.4, 0.5) is 0 Å². The fourth-order valence-electron chi connectivity index (χ4n) is 1.89. The summed E-state index contributed by atoms with van der Waals surface area (Å²) in [5.41, 5.74) is 0. The second kappa shape index (κ2) is 4.95. The van der Waals surface area contributed by atoms with Gasteiger partial charge in [0, 0.05) is 27.4 Å². The minimum atomic E-state index is -0.316. The maximum absolute atomic E-state index is 10.2. The van der Waals surface area contributed by atoms with E-state index < -0.39 is 0 Å². The summed E-state index contributed by atoms with van der Waals surface area (Å²) in [5.74, 6) is 0.365. The van der Waals surface area contributed by atoms with Crippen LogP contribution >= 0.6 is 27.3 Å². The lowest BCUT2D eigenvalue weighted by Crippen LogP contribution is -2.21. The van der Waals surface area contributed by atoms with Gasteiger partial charge >= 0.3 is 0 Å². The highest BCUT2D eigenvalue weighted by Crippen LogP contribution is 2.36. The maximum atomic E-state index is 10.2. The molecule has 1 aromatic rings. The average Bonchev–Trinajstić information content (AvgIpc) is 2.59. The number of hydrogen-bond donors (Lipinski definition) is 1. The topological polar surface area (TPSA) is 29.5 Å². The Bertz CT molecular complexity index is 312. The van der Waals surface area contributed by atoms with E-state index in [1.165, 1.54) is 4.88 Å². The molecule has 0 amide bonds. The van der Waals surface area contributed by atoms with Gasteiger partial charge in [0.25, 0.3) is 0 Å². The van der Waals surface area contributed by atoms with Gasteiger partial charge in [0.15, 0.2) is 0 Å². The fraction of sp³-hybridized carbons (Fsp3) is 0.636. The Labute approximate surface area is 102 Å². The molecule has 84 valence electrons. The lowest BCUT2D eigenvalue weighted by Gasteiger charge is -2.25. The highest BCUT2D eigenvalue weighted by Gasteiger charge is 2.25. The summed E-state index contributed by atoms with van der Waals surface area (Å²) in [6, 6.07) is 2.04. The van der Waals surface area contributed by atoms with Crippen LogP contribution in [0.1, 0.15) is 28.7 Å². The van der Waals surface area contributed by atoms with Gasteiger partial charge in [0.05, 0.1) is 6.10 Å². The smallest absolute Gasteiger partial charge is 0.0912 e. The summed E-state index contributed by atoms with van der Waals surface area (Å²) < 4.78 is 6.40. The van der Waals surface area contributed by atoms with Crippen LogP contribution in [0.15, 0.2) is 10.5 Å². The predicted octanol–water partition coefficient (Wildman–Crippen LogP) is 3.28. The summed E-state index contributed by atoms with van der Waals surface area (Å²) in [6.45, 7) is 3.63. The quantitative estimate of drug-likeness (QED) is 0.906. The number of thiophene rings is 1. The molecule has 15 heavy (non-hydrogen) atoms. The molecule has 2 heterocycles. The SMILES string of the molecule is Cc1sc(C(O)C2CCOCC2)cc1Br. The Kier molecular flexibility index (Phi) is 3.83. The Morgan fingerprint density at radius 3 is 2.73 bits per heavy atom. The molecule has 1 aliphatic rings.